The first-order valence-corrected chi connectivity index (χ1v) is 19.7. The molecular weight excluding hydrogens is 701 g/mol. The predicted molar refractivity (Wildman–Crippen MR) is 236 cm³/mol. The van der Waals surface area contributed by atoms with Crippen molar-refractivity contribution in [1.82, 2.24) is 19.5 Å². The van der Waals surface area contributed by atoms with Crippen molar-refractivity contribution in [2.24, 2.45) is 0 Å². The van der Waals surface area contributed by atoms with E-state index in [0.29, 0.717) is 17.6 Å². The standard InChI is InChI=1S/C51H30N4S/c1-3-15-31(16-4-1)32-27-29-34(30-28-32)50-52-49(33-17-5-2-6-18-33)53-51(54-50)55-41-25-13-11-23-39(41)45-43-37-21-9-7-19-35(37)36-20-8-10-22-38(36)44(43)46-40-24-12-14-26-42(40)56-48(46)47(45)55/h1-30H. The summed E-state index contributed by atoms with van der Waals surface area (Å²) in [7, 11) is 0. The van der Waals surface area contributed by atoms with Crippen LogP contribution in [-0.2, 0) is 0 Å². The molecule has 9 aromatic carbocycles. The maximum Gasteiger partial charge on any atom is 0.238 e. The third-order valence-electron chi connectivity index (χ3n) is 11.2. The van der Waals surface area contributed by atoms with Gasteiger partial charge in [0.2, 0.25) is 5.95 Å². The SMILES string of the molecule is c1ccc(-c2ccc(-c3nc(-c4ccccc4)nc(-n4c5ccccc5c5c6c7ccccc7c7ccccc7c6c6c7ccccc7sc6c54)n3)cc2)cc1. The van der Waals surface area contributed by atoms with Crippen molar-refractivity contribution in [3.05, 3.63) is 182 Å². The molecule has 0 aliphatic heterocycles. The molecule has 0 aliphatic carbocycles. The fourth-order valence-electron chi connectivity index (χ4n) is 8.79. The van der Waals surface area contributed by atoms with E-state index in [-0.39, 0.29) is 0 Å². The first-order chi connectivity index (χ1) is 27.8. The zero-order chi connectivity index (χ0) is 36.7. The van der Waals surface area contributed by atoms with Crippen LogP contribution in [0.15, 0.2) is 182 Å². The largest absolute Gasteiger partial charge is 0.276 e. The second kappa shape index (κ2) is 12.2. The average Bonchev–Trinajstić information content (AvgIpc) is 3.84. The van der Waals surface area contributed by atoms with Crippen molar-refractivity contribution in [2.75, 3.05) is 0 Å². The van der Waals surface area contributed by atoms with Gasteiger partial charge in [-0.25, -0.2) is 4.98 Å². The summed E-state index contributed by atoms with van der Waals surface area (Å²) in [4.78, 5) is 15.8. The van der Waals surface area contributed by atoms with Crippen molar-refractivity contribution in [3.8, 4) is 39.9 Å². The number of thiophene rings is 1. The number of para-hydroxylation sites is 1. The van der Waals surface area contributed by atoms with Crippen LogP contribution in [0.2, 0.25) is 0 Å². The number of hydrogen-bond acceptors (Lipinski definition) is 4. The number of hydrogen-bond donors (Lipinski definition) is 0. The Balaban J connectivity index is 1.26. The summed E-state index contributed by atoms with van der Waals surface area (Å²) in [5.74, 6) is 1.85. The van der Waals surface area contributed by atoms with Crippen molar-refractivity contribution in [1.29, 1.82) is 0 Å². The minimum Gasteiger partial charge on any atom is -0.276 e. The summed E-state index contributed by atoms with van der Waals surface area (Å²) in [5, 5.41) is 12.5. The monoisotopic (exact) mass is 730 g/mol. The van der Waals surface area contributed by atoms with Gasteiger partial charge in [0.25, 0.3) is 0 Å². The topological polar surface area (TPSA) is 43.6 Å². The van der Waals surface area contributed by atoms with Gasteiger partial charge in [-0.3, -0.25) is 4.57 Å². The Bertz CT molecular complexity index is 3510. The van der Waals surface area contributed by atoms with Gasteiger partial charge in [-0.1, -0.05) is 170 Å². The van der Waals surface area contributed by atoms with E-state index in [9.17, 15) is 0 Å². The molecule has 0 atom stereocenters. The molecule has 260 valence electrons. The molecule has 5 heteroatoms. The lowest BCUT2D eigenvalue weighted by molar-refractivity contribution is 0.955. The van der Waals surface area contributed by atoms with Crippen molar-refractivity contribution in [3.63, 3.8) is 0 Å². The van der Waals surface area contributed by atoms with Crippen LogP contribution >= 0.6 is 11.3 Å². The molecule has 4 nitrogen and oxygen atoms in total. The Kier molecular flexibility index (Phi) is 6.76. The van der Waals surface area contributed by atoms with Crippen LogP contribution in [0.4, 0.5) is 0 Å². The van der Waals surface area contributed by atoms with E-state index >= 15 is 0 Å². The van der Waals surface area contributed by atoms with Gasteiger partial charge < -0.3 is 0 Å². The van der Waals surface area contributed by atoms with Gasteiger partial charge in [0.1, 0.15) is 0 Å². The lowest BCUT2D eigenvalue weighted by atomic mass is 9.89. The van der Waals surface area contributed by atoms with Crippen LogP contribution in [0.5, 0.6) is 0 Å². The van der Waals surface area contributed by atoms with E-state index in [0.717, 1.165) is 27.7 Å². The molecule has 0 N–H and O–H groups in total. The highest BCUT2D eigenvalue weighted by atomic mass is 32.1. The maximum atomic E-state index is 5.37. The van der Waals surface area contributed by atoms with Crippen LogP contribution in [-0.4, -0.2) is 19.5 Å². The normalized spacial score (nSPS) is 11.9. The Hall–Kier alpha value is -7.21. The second-order valence-corrected chi connectivity index (χ2v) is 15.4. The van der Waals surface area contributed by atoms with Crippen LogP contribution in [0.1, 0.15) is 0 Å². The lowest BCUT2D eigenvalue weighted by Gasteiger charge is -2.15. The van der Waals surface area contributed by atoms with E-state index in [1.54, 1.807) is 0 Å². The highest BCUT2D eigenvalue weighted by Gasteiger charge is 2.26. The summed E-state index contributed by atoms with van der Waals surface area (Å²) in [6.07, 6.45) is 0. The molecule has 3 aromatic heterocycles. The van der Waals surface area contributed by atoms with Gasteiger partial charge in [-0.15, -0.1) is 11.3 Å². The lowest BCUT2D eigenvalue weighted by Crippen LogP contribution is -2.06. The van der Waals surface area contributed by atoms with E-state index in [1.165, 1.54) is 68.8 Å². The molecule has 3 heterocycles. The highest BCUT2D eigenvalue weighted by Crippen LogP contribution is 2.51. The Labute approximate surface area is 325 Å². The Morgan fingerprint density at radius 3 is 1.46 bits per heavy atom. The fourth-order valence-corrected chi connectivity index (χ4v) is 10.0. The first-order valence-electron chi connectivity index (χ1n) is 18.9. The Morgan fingerprint density at radius 2 is 0.804 bits per heavy atom. The van der Waals surface area contributed by atoms with Gasteiger partial charge in [0, 0.05) is 48.1 Å². The molecule has 0 saturated heterocycles. The maximum absolute atomic E-state index is 5.37. The molecule has 56 heavy (non-hydrogen) atoms. The van der Waals surface area contributed by atoms with Gasteiger partial charge in [-0.2, -0.15) is 9.97 Å². The third-order valence-corrected chi connectivity index (χ3v) is 12.4. The fraction of sp³-hybridized carbons (Fsp3) is 0. The van der Waals surface area contributed by atoms with Gasteiger partial charge in [0.15, 0.2) is 11.6 Å². The number of rotatable bonds is 4. The van der Waals surface area contributed by atoms with Crippen LogP contribution in [0.3, 0.4) is 0 Å². The Morgan fingerprint density at radius 1 is 0.339 bits per heavy atom. The number of aromatic nitrogens is 4. The van der Waals surface area contributed by atoms with E-state index in [1.807, 2.05) is 35.6 Å². The molecule has 0 amide bonds. The number of nitrogens with zero attached hydrogens (tertiary/aromatic N) is 4. The summed E-state index contributed by atoms with van der Waals surface area (Å²) < 4.78 is 4.78. The zero-order valence-electron chi connectivity index (χ0n) is 30.0. The van der Waals surface area contributed by atoms with E-state index in [2.05, 4.69) is 162 Å². The average molecular weight is 731 g/mol. The molecular formula is C51H30N4S. The molecule has 0 spiro atoms. The minimum absolute atomic E-state index is 0.593. The number of fused-ring (bicyclic) bond motifs is 15. The second-order valence-electron chi connectivity index (χ2n) is 14.3. The van der Waals surface area contributed by atoms with Gasteiger partial charge >= 0.3 is 0 Å². The summed E-state index contributed by atoms with van der Waals surface area (Å²) >= 11 is 1.85. The van der Waals surface area contributed by atoms with Crippen molar-refractivity contribution < 1.29 is 0 Å². The van der Waals surface area contributed by atoms with E-state index < -0.39 is 0 Å². The highest BCUT2D eigenvalue weighted by molar-refractivity contribution is 7.27. The van der Waals surface area contributed by atoms with Crippen molar-refractivity contribution >= 4 is 85.6 Å². The van der Waals surface area contributed by atoms with Gasteiger partial charge in [-0.05, 0) is 44.8 Å². The van der Waals surface area contributed by atoms with Gasteiger partial charge in [0.05, 0.1) is 15.7 Å². The van der Waals surface area contributed by atoms with Crippen LogP contribution < -0.4 is 0 Å². The molecule has 12 aromatic rings. The summed E-state index contributed by atoms with van der Waals surface area (Å²) in [5.41, 5.74) is 6.36. The summed E-state index contributed by atoms with van der Waals surface area (Å²) in [6, 6.07) is 64.6. The number of benzene rings is 9. The third kappa shape index (κ3) is 4.55. The molecule has 12 rings (SSSR count). The molecule has 0 saturated carbocycles. The smallest absolute Gasteiger partial charge is 0.238 e. The summed E-state index contributed by atoms with van der Waals surface area (Å²) in [6.45, 7) is 0. The first kappa shape index (κ1) is 31.2. The van der Waals surface area contributed by atoms with E-state index in [4.69, 9.17) is 15.0 Å². The molecule has 0 fully saturated rings. The zero-order valence-corrected chi connectivity index (χ0v) is 30.8. The molecule has 0 bridgehead atoms. The minimum atomic E-state index is 0.593. The quantitative estimate of drug-likeness (QED) is 0.169. The molecule has 0 radical (unpaired) electrons. The predicted octanol–water partition coefficient (Wildman–Crippen LogP) is 13.8. The molecule has 0 aliphatic rings. The van der Waals surface area contributed by atoms with Crippen LogP contribution in [0.25, 0.3) is 114 Å². The molecule has 0 unspecified atom stereocenters. The van der Waals surface area contributed by atoms with Crippen molar-refractivity contribution in [2.45, 2.75) is 0 Å². The van der Waals surface area contributed by atoms with Crippen LogP contribution in [0, 0.1) is 0 Å².